The van der Waals surface area contributed by atoms with Crippen molar-refractivity contribution in [2.75, 3.05) is 18.4 Å². The van der Waals surface area contributed by atoms with Crippen LogP contribution in [0.5, 0.6) is 0 Å². The van der Waals surface area contributed by atoms with Gasteiger partial charge in [0.25, 0.3) is 5.91 Å². The van der Waals surface area contributed by atoms with E-state index in [-0.39, 0.29) is 17.7 Å². The smallest absolute Gasteiger partial charge is 0.251 e. The minimum atomic E-state index is -0.0220. The van der Waals surface area contributed by atoms with E-state index in [1.807, 2.05) is 0 Å². The molecule has 124 valence electrons. The van der Waals surface area contributed by atoms with Crippen molar-refractivity contribution >= 4 is 17.5 Å². The molecule has 1 aliphatic carbocycles. The van der Waals surface area contributed by atoms with Crippen LogP contribution in [-0.2, 0) is 4.79 Å². The lowest BCUT2D eigenvalue weighted by Gasteiger charge is -2.21. The molecule has 2 aliphatic rings. The first-order valence-corrected chi connectivity index (χ1v) is 8.65. The van der Waals surface area contributed by atoms with Crippen LogP contribution in [0.25, 0.3) is 0 Å². The first-order valence-electron chi connectivity index (χ1n) is 8.65. The Labute approximate surface area is 137 Å². The van der Waals surface area contributed by atoms with Gasteiger partial charge in [0.05, 0.1) is 5.92 Å². The summed E-state index contributed by atoms with van der Waals surface area (Å²) in [5, 5.41) is 9.26. The molecule has 1 aromatic rings. The molecule has 23 heavy (non-hydrogen) atoms. The molecule has 1 aliphatic heterocycles. The number of hydrogen-bond donors (Lipinski definition) is 3. The summed E-state index contributed by atoms with van der Waals surface area (Å²) in [7, 11) is 0. The van der Waals surface area contributed by atoms with E-state index >= 15 is 0 Å². The van der Waals surface area contributed by atoms with Crippen molar-refractivity contribution in [2.24, 2.45) is 5.92 Å². The Morgan fingerprint density at radius 3 is 2.39 bits per heavy atom. The molecule has 3 rings (SSSR count). The lowest BCUT2D eigenvalue weighted by Crippen LogP contribution is -2.37. The van der Waals surface area contributed by atoms with Gasteiger partial charge in [0.1, 0.15) is 0 Å². The lowest BCUT2D eigenvalue weighted by atomic mass is 9.99. The number of anilines is 1. The van der Waals surface area contributed by atoms with Gasteiger partial charge in [-0.1, -0.05) is 12.8 Å². The summed E-state index contributed by atoms with van der Waals surface area (Å²) in [6.07, 6.45) is 6.53. The second kappa shape index (κ2) is 7.59. The molecule has 0 aromatic heterocycles. The number of hydrogen-bond acceptors (Lipinski definition) is 3. The van der Waals surface area contributed by atoms with Crippen LogP contribution < -0.4 is 16.0 Å². The van der Waals surface area contributed by atoms with E-state index in [0.717, 1.165) is 44.5 Å². The van der Waals surface area contributed by atoms with Crippen molar-refractivity contribution in [1.29, 1.82) is 0 Å². The maximum atomic E-state index is 12.2. The Bertz CT molecular complexity index is 544. The molecule has 2 amide bonds. The molecule has 1 atom stereocenters. The SMILES string of the molecule is O=C(NC1CCCC1)c1ccc(NC(=O)C2CCCNC2)cc1. The Balaban J connectivity index is 1.53. The van der Waals surface area contributed by atoms with Crippen LogP contribution in [0.3, 0.4) is 0 Å². The second-order valence-corrected chi connectivity index (χ2v) is 6.56. The molecular formula is C18H25N3O2. The summed E-state index contributed by atoms with van der Waals surface area (Å²) in [5.74, 6) is 0.0701. The maximum absolute atomic E-state index is 12.2. The molecule has 3 N–H and O–H groups in total. The molecule has 2 fully saturated rings. The average molecular weight is 315 g/mol. The molecular weight excluding hydrogens is 290 g/mol. The minimum Gasteiger partial charge on any atom is -0.349 e. The maximum Gasteiger partial charge on any atom is 0.251 e. The molecule has 1 unspecified atom stereocenters. The standard InChI is InChI=1S/C18H25N3O2/c22-17(20-15-5-1-2-6-15)13-7-9-16(10-8-13)21-18(23)14-4-3-11-19-12-14/h7-10,14-15,19H,1-6,11-12H2,(H,20,22)(H,21,23). The highest BCUT2D eigenvalue weighted by Gasteiger charge is 2.21. The van der Waals surface area contributed by atoms with Crippen molar-refractivity contribution in [3.05, 3.63) is 29.8 Å². The third-order valence-corrected chi connectivity index (χ3v) is 4.77. The lowest BCUT2D eigenvalue weighted by molar-refractivity contribution is -0.120. The molecule has 1 heterocycles. The molecule has 5 nitrogen and oxygen atoms in total. The molecule has 1 saturated heterocycles. The van der Waals surface area contributed by atoms with Crippen molar-refractivity contribution in [3.8, 4) is 0 Å². The van der Waals surface area contributed by atoms with Gasteiger partial charge < -0.3 is 16.0 Å². The fraction of sp³-hybridized carbons (Fsp3) is 0.556. The summed E-state index contributed by atoms with van der Waals surface area (Å²) in [6, 6.07) is 7.48. The van der Waals surface area contributed by atoms with Crippen LogP contribution in [-0.4, -0.2) is 30.9 Å². The van der Waals surface area contributed by atoms with E-state index in [0.29, 0.717) is 11.6 Å². The van der Waals surface area contributed by atoms with Gasteiger partial charge in [0.15, 0.2) is 0 Å². The van der Waals surface area contributed by atoms with Crippen LogP contribution in [0.15, 0.2) is 24.3 Å². The van der Waals surface area contributed by atoms with Crippen molar-refractivity contribution < 1.29 is 9.59 Å². The van der Waals surface area contributed by atoms with Crippen molar-refractivity contribution in [1.82, 2.24) is 10.6 Å². The molecule has 5 heteroatoms. The fourth-order valence-corrected chi connectivity index (χ4v) is 3.36. The van der Waals surface area contributed by atoms with E-state index in [9.17, 15) is 9.59 Å². The minimum absolute atomic E-state index is 0.0220. The van der Waals surface area contributed by atoms with Crippen molar-refractivity contribution in [2.45, 2.75) is 44.6 Å². The van der Waals surface area contributed by atoms with Gasteiger partial charge in [-0.15, -0.1) is 0 Å². The number of piperidine rings is 1. The van der Waals surface area contributed by atoms with Gasteiger partial charge in [0.2, 0.25) is 5.91 Å². The first kappa shape index (κ1) is 16.0. The normalized spacial score (nSPS) is 21.8. The zero-order valence-electron chi connectivity index (χ0n) is 13.4. The van der Waals surface area contributed by atoms with Gasteiger partial charge in [-0.25, -0.2) is 0 Å². The van der Waals surface area contributed by atoms with Crippen molar-refractivity contribution in [3.63, 3.8) is 0 Å². The first-order chi connectivity index (χ1) is 11.2. The van der Waals surface area contributed by atoms with E-state index in [1.165, 1.54) is 12.8 Å². The molecule has 0 spiro atoms. The molecule has 1 aromatic carbocycles. The van der Waals surface area contributed by atoms with Crippen LogP contribution in [0, 0.1) is 5.92 Å². The van der Waals surface area contributed by atoms with Gasteiger partial charge >= 0.3 is 0 Å². The predicted molar refractivity (Wildman–Crippen MR) is 90.4 cm³/mol. The van der Waals surface area contributed by atoms with Crippen LogP contribution in [0.2, 0.25) is 0 Å². The molecule has 1 saturated carbocycles. The van der Waals surface area contributed by atoms with E-state index < -0.39 is 0 Å². The summed E-state index contributed by atoms with van der Waals surface area (Å²) in [6.45, 7) is 1.74. The average Bonchev–Trinajstić information content (AvgIpc) is 3.09. The van der Waals surface area contributed by atoms with Gasteiger partial charge in [-0.2, -0.15) is 0 Å². The quantitative estimate of drug-likeness (QED) is 0.798. The Morgan fingerprint density at radius 2 is 1.74 bits per heavy atom. The molecule has 0 radical (unpaired) electrons. The highest BCUT2D eigenvalue weighted by Crippen LogP contribution is 2.19. The highest BCUT2D eigenvalue weighted by atomic mass is 16.2. The Hall–Kier alpha value is -1.88. The Kier molecular flexibility index (Phi) is 5.28. The van der Waals surface area contributed by atoms with E-state index in [1.54, 1.807) is 24.3 Å². The number of rotatable bonds is 4. The van der Waals surface area contributed by atoms with Gasteiger partial charge in [-0.3, -0.25) is 9.59 Å². The summed E-state index contributed by atoms with van der Waals surface area (Å²) in [5.41, 5.74) is 1.40. The topological polar surface area (TPSA) is 70.2 Å². The monoisotopic (exact) mass is 315 g/mol. The van der Waals surface area contributed by atoms with Crippen LogP contribution >= 0.6 is 0 Å². The second-order valence-electron chi connectivity index (χ2n) is 6.56. The van der Waals surface area contributed by atoms with Gasteiger partial charge in [-0.05, 0) is 56.5 Å². The van der Waals surface area contributed by atoms with E-state index in [2.05, 4.69) is 16.0 Å². The number of carbonyl (C=O) groups excluding carboxylic acids is 2. The Morgan fingerprint density at radius 1 is 1.00 bits per heavy atom. The highest BCUT2D eigenvalue weighted by molar-refractivity contribution is 5.96. The summed E-state index contributed by atoms with van der Waals surface area (Å²) < 4.78 is 0. The number of nitrogens with one attached hydrogen (secondary N) is 3. The summed E-state index contributed by atoms with van der Waals surface area (Å²) in [4.78, 5) is 24.4. The third-order valence-electron chi connectivity index (χ3n) is 4.77. The fourth-order valence-electron chi connectivity index (χ4n) is 3.36. The van der Waals surface area contributed by atoms with Crippen LogP contribution in [0.1, 0.15) is 48.9 Å². The zero-order chi connectivity index (χ0) is 16.1. The number of carbonyl (C=O) groups is 2. The summed E-state index contributed by atoms with van der Waals surface area (Å²) >= 11 is 0. The number of benzene rings is 1. The largest absolute Gasteiger partial charge is 0.349 e. The predicted octanol–water partition coefficient (Wildman–Crippen LogP) is 2.30. The van der Waals surface area contributed by atoms with E-state index in [4.69, 9.17) is 0 Å². The zero-order valence-corrected chi connectivity index (χ0v) is 13.4. The molecule has 0 bridgehead atoms. The third kappa shape index (κ3) is 4.32. The van der Waals surface area contributed by atoms with Gasteiger partial charge in [0, 0.05) is 23.8 Å². The number of amides is 2. The van der Waals surface area contributed by atoms with Crippen LogP contribution in [0.4, 0.5) is 5.69 Å².